The van der Waals surface area contributed by atoms with Gasteiger partial charge in [0.25, 0.3) is 0 Å². The van der Waals surface area contributed by atoms with Crippen molar-refractivity contribution < 1.29 is 0 Å². The summed E-state index contributed by atoms with van der Waals surface area (Å²) in [7, 11) is 0. The maximum absolute atomic E-state index is 5.77. The van der Waals surface area contributed by atoms with Gasteiger partial charge in [0.2, 0.25) is 0 Å². The summed E-state index contributed by atoms with van der Waals surface area (Å²) in [6, 6.07) is 11.5. The van der Waals surface area contributed by atoms with Crippen LogP contribution in [-0.2, 0) is 0 Å². The Bertz CT molecular complexity index is 439. The van der Waals surface area contributed by atoms with Gasteiger partial charge in [0.05, 0.1) is 6.17 Å². The molecule has 0 spiro atoms. The van der Waals surface area contributed by atoms with Crippen LogP contribution >= 0.6 is 0 Å². The van der Waals surface area contributed by atoms with Crippen molar-refractivity contribution >= 4 is 22.1 Å². The molecule has 92 valence electrons. The molecule has 2 aromatic rings. The topological polar surface area (TPSA) is 104 Å². The number of hydrogen-bond acceptors (Lipinski definition) is 4. The zero-order valence-electron chi connectivity index (χ0n) is 10.1. The molecule has 0 radical (unpaired) electrons. The van der Waals surface area contributed by atoms with Crippen LogP contribution in [0, 0.1) is 0 Å². The van der Waals surface area contributed by atoms with Crippen LogP contribution in [0.15, 0.2) is 36.4 Å². The van der Waals surface area contributed by atoms with Crippen molar-refractivity contribution in [2.75, 3.05) is 11.5 Å². The number of anilines is 2. The van der Waals surface area contributed by atoms with Crippen LogP contribution in [0.1, 0.15) is 13.3 Å². The monoisotopic (exact) mass is 232 g/mol. The first-order valence-electron chi connectivity index (χ1n) is 5.60. The third kappa shape index (κ3) is 3.62. The van der Waals surface area contributed by atoms with Crippen molar-refractivity contribution in [1.29, 1.82) is 0 Å². The summed E-state index contributed by atoms with van der Waals surface area (Å²) in [5.74, 6) is 0. The van der Waals surface area contributed by atoms with Gasteiger partial charge in [-0.15, -0.1) is 0 Å². The van der Waals surface area contributed by atoms with Gasteiger partial charge in [-0.2, -0.15) is 0 Å². The molecule has 0 bridgehead atoms. The fraction of sp³-hybridized carbons (Fsp3) is 0.231. The molecule has 0 heterocycles. The standard InChI is InChI=1S/C10H10N2.C3H10N2/c11-9-5-1-3-7-8(9)4-2-6-10(7)12;1-2-3(4)5/h1-6H,11-12H2;3H,2,4-5H2,1H3. The molecule has 2 aromatic carbocycles. The number of fused-ring (bicyclic) bond motifs is 1. The molecule has 0 aliphatic carbocycles. The predicted molar refractivity (Wildman–Crippen MR) is 75.2 cm³/mol. The van der Waals surface area contributed by atoms with E-state index in [9.17, 15) is 0 Å². The highest BCUT2D eigenvalue weighted by Gasteiger charge is 1.98. The molecule has 4 heteroatoms. The Hall–Kier alpha value is -1.78. The molecule has 0 amide bonds. The van der Waals surface area contributed by atoms with E-state index >= 15 is 0 Å². The fourth-order valence-electron chi connectivity index (χ4n) is 1.36. The first-order valence-corrected chi connectivity index (χ1v) is 5.60. The zero-order chi connectivity index (χ0) is 12.8. The quantitative estimate of drug-likeness (QED) is 0.443. The Balaban J connectivity index is 0.000000249. The van der Waals surface area contributed by atoms with Crippen molar-refractivity contribution in [3.05, 3.63) is 36.4 Å². The zero-order valence-corrected chi connectivity index (χ0v) is 10.1. The summed E-state index contributed by atoms with van der Waals surface area (Å²) in [6.07, 6.45) is 0.745. The molecule has 0 saturated carbocycles. The van der Waals surface area contributed by atoms with Crippen LogP contribution < -0.4 is 22.9 Å². The number of benzene rings is 2. The van der Waals surface area contributed by atoms with E-state index < -0.39 is 0 Å². The largest absolute Gasteiger partial charge is 0.398 e. The first-order chi connectivity index (χ1) is 8.06. The third-order valence-electron chi connectivity index (χ3n) is 2.46. The molecule has 17 heavy (non-hydrogen) atoms. The molecule has 0 saturated heterocycles. The maximum atomic E-state index is 5.77. The van der Waals surface area contributed by atoms with E-state index in [1.807, 2.05) is 43.3 Å². The summed E-state index contributed by atoms with van der Waals surface area (Å²) < 4.78 is 0. The minimum Gasteiger partial charge on any atom is -0.398 e. The molecular weight excluding hydrogens is 212 g/mol. The number of nitrogen functional groups attached to an aromatic ring is 2. The highest BCUT2D eigenvalue weighted by atomic mass is 14.8. The second kappa shape index (κ2) is 6.08. The molecule has 0 atom stereocenters. The number of hydrogen-bond donors (Lipinski definition) is 4. The van der Waals surface area contributed by atoms with E-state index in [1.165, 1.54) is 0 Å². The third-order valence-corrected chi connectivity index (χ3v) is 2.46. The summed E-state index contributed by atoms with van der Waals surface area (Å²) in [5, 5.41) is 2.05. The summed E-state index contributed by atoms with van der Waals surface area (Å²) in [6.45, 7) is 1.95. The molecule has 4 nitrogen and oxygen atoms in total. The van der Waals surface area contributed by atoms with Crippen LogP contribution in [0.3, 0.4) is 0 Å². The van der Waals surface area contributed by atoms with Gasteiger partial charge in [-0.1, -0.05) is 31.2 Å². The second-order valence-electron chi connectivity index (χ2n) is 3.86. The van der Waals surface area contributed by atoms with Gasteiger partial charge in [0, 0.05) is 22.1 Å². The van der Waals surface area contributed by atoms with E-state index in [-0.39, 0.29) is 6.17 Å². The van der Waals surface area contributed by atoms with Gasteiger partial charge < -0.3 is 22.9 Å². The predicted octanol–water partition coefficient (Wildman–Crippen LogP) is 1.64. The maximum Gasteiger partial charge on any atom is 0.0518 e. The van der Waals surface area contributed by atoms with Gasteiger partial charge in [0.15, 0.2) is 0 Å². The smallest absolute Gasteiger partial charge is 0.0518 e. The molecular formula is C13H20N4. The fourth-order valence-corrected chi connectivity index (χ4v) is 1.36. The Morgan fingerprint density at radius 1 is 0.882 bits per heavy atom. The Morgan fingerprint density at radius 3 is 1.53 bits per heavy atom. The lowest BCUT2D eigenvalue weighted by Crippen LogP contribution is -2.28. The van der Waals surface area contributed by atoms with Crippen molar-refractivity contribution in [2.24, 2.45) is 11.5 Å². The summed E-state index contributed by atoms with van der Waals surface area (Å²) in [4.78, 5) is 0. The van der Waals surface area contributed by atoms with Gasteiger partial charge in [0.1, 0.15) is 0 Å². The minimum atomic E-state index is -0.116. The van der Waals surface area contributed by atoms with Crippen LogP contribution in [0.4, 0.5) is 11.4 Å². The lowest BCUT2D eigenvalue weighted by atomic mass is 10.1. The Morgan fingerprint density at radius 2 is 1.24 bits per heavy atom. The minimum absolute atomic E-state index is 0.116. The molecule has 0 fully saturated rings. The van der Waals surface area contributed by atoms with Crippen LogP contribution in [-0.4, -0.2) is 6.17 Å². The van der Waals surface area contributed by atoms with Gasteiger partial charge in [-0.3, -0.25) is 0 Å². The number of nitrogens with two attached hydrogens (primary N) is 4. The van der Waals surface area contributed by atoms with Crippen molar-refractivity contribution in [3.63, 3.8) is 0 Å². The summed E-state index contributed by atoms with van der Waals surface area (Å²) in [5.41, 5.74) is 23.2. The molecule has 0 aliphatic rings. The molecule has 2 rings (SSSR count). The SMILES string of the molecule is CCC(N)N.Nc1cccc2c(N)cccc12. The lowest BCUT2D eigenvalue weighted by Gasteiger charge is -2.03. The summed E-state index contributed by atoms with van der Waals surface area (Å²) >= 11 is 0. The van der Waals surface area contributed by atoms with E-state index in [0.29, 0.717) is 0 Å². The van der Waals surface area contributed by atoms with Crippen molar-refractivity contribution in [1.82, 2.24) is 0 Å². The van der Waals surface area contributed by atoms with E-state index in [4.69, 9.17) is 22.9 Å². The van der Waals surface area contributed by atoms with Crippen LogP contribution in [0.5, 0.6) is 0 Å². The van der Waals surface area contributed by atoms with Crippen LogP contribution in [0.2, 0.25) is 0 Å². The molecule has 0 aliphatic heterocycles. The van der Waals surface area contributed by atoms with Crippen LogP contribution in [0.25, 0.3) is 10.8 Å². The average Bonchev–Trinajstić information content (AvgIpc) is 2.31. The van der Waals surface area contributed by atoms with E-state index in [1.54, 1.807) is 0 Å². The van der Waals surface area contributed by atoms with Crippen molar-refractivity contribution in [3.8, 4) is 0 Å². The Labute approximate surface area is 102 Å². The normalized spacial score (nSPS) is 10.1. The molecule has 8 N–H and O–H groups in total. The van der Waals surface area contributed by atoms with Gasteiger partial charge in [-0.05, 0) is 18.6 Å². The van der Waals surface area contributed by atoms with Crippen molar-refractivity contribution in [2.45, 2.75) is 19.5 Å². The highest BCUT2D eigenvalue weighted by Crippen LogP contribution is 2.24. The average molecular weight is 232 g/mol. The second-order valence-corrected chi connectivity index (χ2v) is 3.86. The van der Waals surface area contributed by atoms with Gasteiger partial charge >= 0.3 is 0 Å². The molecule has 0 aromatic heterocycles. The Kier molecular flexibility index (Phi) is 4.75. The van der Waals surface area contributed by atoms with E-state index in [0.717, 1.165) is 28.6 Å². The van der Waals surface area contributed by atoms with E-state index in [2.05, 4.69) is 0 Å². The lowest BCUT2D eigenvalue weighted by molar-refractivity contribution is 0.682. The highest BCUT2D eigenvalue weighted by molar-refractivity contribution is 5.99. The van der Waals surface area contributed by atoms with Gasteiger partial charge in [-0.25, -0.2) is 0 Å². The number of rotatable bonds is 1. The molecule has 0 unspecified atom stereocenters. The first kappa shape index (κ1) is 13.3.